The fourth-order valence-corrected chi connectivity index (χ4v) is 1.50. The molecule has 0 bridgehead atoms. The molecule has 2 heteroatoms. The van der Waals surface area contributed by atoms with Crippen LogP contribution in [0.15, 0.2) is 30.3 Å². The van der Waals surface area contributed by atoms with Crippen LogP contribution in [0.2, 0.25) is 0 Å². The number of benzene rings is 1. The molecule has 1 fully saturated rings. The molecule has 1 saturated heterocycles. The summed E-state index contributed by atoms with van der Waals surface area (Å²) < 4.78 is 0. The van der Waals surface area contributed by atoms with E-state index in [1.807, 2.05) is 6.07 Å². The van der Waals surface area contributed by atoms with Crippen molar-refractivity contribution in [2.24, 2.45) is 0 Å². The van der Waals surface area contributed by atoms with Crippen LogP contribution in [-0.4, -0.2) is 6.61 Å². The van der Waals surface area contributed by atoms with Gasteiger partial charge in [-0.25, -0.2) is 0 Å². The Labute approximate surface area is 72.5 Å². The van der Waals surface area contributed by atoms with Crippen molar-refractivity contribution in [3.8, 4) is 0 Å². The maximum absolute atomic E-state index is 5.19. The number of hydroxylamine groups is 1. The van der Waals surface area contributed by atoms with Crippen LogP contribution < -0.4 is 5.48 Å². The van der Waals surface area contributed by atoms with E-state index in [0.717, 1.165) is 13.0 Å². The van der Waals surface area contributed by atoms with Gasteiger partial charge in [0.2, 0.25) is 0 Å². The SMILES string of the molecule is c1ccc(C2CCCON2)cc1. The fraction of sp³-hybridized carbons (Fsp3) is 0.400. The van der Waals surface area contributed by atoms with Gasteiger partial charge in [0.05, 0.1) is 12.6 Å². The Hall–Kier alpha value is -0.860. The highest BCUT2D eigenvalue weighted by atomic mass is 16.6. The highest BCUT2D eigenvalue weighted by Gasteiger charge is 2.14. The number of rotatable bonds is 1. The molecule has 0 radical (unpaired) electrons. The Morgan fingerprint density at radius 3 is 2.75 bits per heavy atom. The summed E-state index contributed by atoms with van der Waals surface area (Å²) in [5.74, 6) is 0. The first-order chi connectivity index (χ1) is 5.97. The number of hydrogen-bond donors (Lipinski definition) is 1. The van der Waals surface area contributed by atoms with E-state index in [0.29, 0.717) is 6.04 Å². The molecular weight excluding hydrogens is 150 g/mol. The molecule has 0 aliphatic carbocycles. The Balaban J connectivity index is 2.08. The van der Waals surface area contributed by atoms with Crippen molar-refractivity contribution in [3.63, 3.8) is 0 Å². The van der Waals surface area contributed by atoms with Gasteiger partial charge in [0.15, 0.2) is 0 Å². The lowest BCUT2D eigenvalue weighted by Gasteiger charge is -2.23. The molecule has 1 unspecified atom stereocenters. The van der Waals surface area contributed by atoms with Gasteiger partial charge in [0.25, 0.3) is 0 Å². The van der Waals surface area contributed by atoms with Crippen LogP contribution in [0, 0.1) is 0 Å². The molecule has 1 aromatic rings. The van der Waals surface area contributed by atoms with E-state index in [4.69, 9.17) is 4.84 Å². The van der Waals surface area contributed by atoms with Crippen LogP contribution in [0.5, 0.6) is 0 Å². The van der Waals surface area contributed by atoms with Gasteiger partial charge in [0, 0.05) is 0 Å². The molecule has 0 saturated carbocycles. The topological polar surface area (TPSA) is 21.3 Å². The minimum atomic E-state index is 0.389. The summed E-state index contributed by atoms with van der Waals surface area (Å²) in [6, 6.07) is 10.8. The van der Waals surface area contributed by atoms with Gasteiger partial charge in [-0.05, 0) is 18.4 Å². The summed E-state index contributed by atoms with van der Waals surface area (Å²) in [4.78, 5) is 5.19. The summed E-state index contributed by atoms with van der Waals surface area (Å²) in [5, 5.41) is 0. The van der Waals surface area contributed by atoms with Crippen LogP contribution in [0.3, 0.4) is 0 Å². The van der Waals surface area contributed by atoms with E-state index in [-0.39, 0.29) is 0 Å². The standard InChI is InChI=1S/C10H13NO/c1-2-5-9(6-3-1)10-7-4-8-12-11-10/h1-3,5-6,10-11H,4,7-8H2. The van der Waals surface area contributed by atoms with Crippen molar-refractivity contribution < 1.29 is 4.84 Å². The molecule has 1 heterocycles. The average molecular weight is 163 g/mol. The molecule has 1 atom stereocenters. The summed E-state index contributed by atoms with van der Waals surface area (Å²) in [7, 11) is 0. The van der Waals surface area contributed by atoms with E-state index < -0.39 is 0 Å². The monoisotopic (exact) mass is 163 g/mol. The third kappa shape index (κ3) is 1.65. The van der Waals surface area contributed by atoms with Crippen molar-refractivity contribution in [3.05, 3.63) is 35.9 Å². The second-order valence-corrected chi connectivity index (χ2v) is 3.07. The molecule has 12 heavy (non-hydrogen) atoms. The summed E-state index contributed by atoms with van der Waals surface area (Å²) in [6.45, 7) is 0.837. The quantitative estimate of drug-likeness (QED) is 0.684. The maximum atomic E-state index is 5.19. The first kappa shape index (κ1) is 7.77. The highest BCUT2D eigenvalue weighted by Crippen LogP contribution is 2.20. The van der Waals surface area contributed by atoms with Gasteiger partial charge < -0.3 is 4.84 Å². The zero-order valence-corrected chi connectivity index (χ0v) is 6.99. The van der Waals surface area contributed by atoms with Crippen LogP contribution in [0.4, 0.5) is 0 Å². The van der Waals surface area contributed by atoms with Gasteiger partial charge in [-0.3, -0.25) is 0 Å². The van der Waals surface area contributed by atoms with E-state index in [1.54, 1.807) is 0 Å². The number of hydrogen-bond acceptors (Lipinski definition) is 2. The molecule has 0 amide bonds. The largest absolute Gasteiger partial charge is 0.301 e. The van der Waals surface area contributed by atoms with Gasteiger partial charge in [-0.2, -0.15) is 5.48 Å². The molecule has 0 spiro atoms. The fourth-order valence-electron chi connectivity index (χ4n) is 1.50. The van der Waals surface area contributed by atoms with Crippen LogP contribution >= 0.6 is 0 Å². The molecule has 2 nitrogen and oxygen atoms in total. The second kappa shape index (κ2) is 3.70. The third-order valence-electron chi connectivity index (χ3n) is 2.17. The van der Waals surface area contributed by atoms with Gasteiger partial charge in [0.1, 0.15) is 0 Å². The van der Waals surface area contributed by atoms with E-state index in [1.165, 1.54) is 12.0 Å². The average Bonchev–Trinajstić information content (AvgIpc) is 2.21. The molecule has 1 N–H and O–H groups in total. The molecule has 1 aliphatic rings. The molecule has 2 rings (SSSR count). The normalized spacial score (nSPS) is 23.8. The summed E-state index contributed by atoms with van der Waals surface area (Å²) >= 11 is 0. The van der Waals surface area contributed by atoms with Gasteiger partial charge >= 0.3 is 0 Å². The molecule has 1 aliphatic heterocycles. The first-order valence-electron chi connectivity index (χ1n) is 4.39. The highest BCUT2D eigenvalue weighted by molar-refractivity contribution is 5.18. The van der Waals surface area contributed by atoms with Crippen molar-refractivity contribution in [2.45, 2.75) is 18.9 Å². The predicted molar refractivity (Wildman–Crippen MR) is 47.5 cm³/mol. The molecular formula is C10H13NO. The Morgan fingerprint density at radius 1 is 1.25 bits per heavy atom. The van der Waals surface area contributed by atoms with Crippen LogP contribution in [-0.2, 0) is 4.84 Å². The minimum absolute atomic E-state index is 0.389. The lowest BCUT2D eigenvalue weighted by molar-refractivity contribution is -0.0195. The molecule has 0 aromatic heterocycles. The second-order valence-electron chi connectivity index (χ2n) is 3.07. The zero-order chi connectivity index (χ0) is 8.23. The first-order valence-corrected chi connectivity index (χ1v) is 4.39. The lowest BCUT2D eigenvalue weighted by Crippen LogP contribution is -2.27. The van der Waals surface area contributed by atoms with Gasteiger partial charge in [-0.1, -0.05) is 30.3 Å². The number of nitrogens with one attached hydrogen (secondary N) is 1. The molecule has 1 aromatic carbocycles. The van der Waals surface area contributed by atoms with E-state index in [2.05, 4.69) is 29.7 Å². The molecule has 64 valence electrons. The third-order valence-corrected chi connectivity index (χ3v) is 2.17. The van der Waals surface area contributed by atoms with E-state index >= 15 is 0 Å². The van der Waals surface area contributed by atoms with Crippen molar-refractivity contribution in [1.82, 2.24) is 5.48 Å². The van der Waals surface area contributed by atoms with Crippen LogP contribution in [0.1, 0.15) is 24.4 Å². The van der Waals surface area contributed by atoms with Crippen molar-refractivity contribution in [1.29, 1.82) is 0 Å². The van der Waals surface area contributed by atoms with Crippen molar-refractivity contribution >= 4 is 0 Å². The summed E-state index contributed by atoms with van der Waals surface area (Å²) in [6.07, 6.45) is 2.32. The van der Waals surface area contributed by atoms with E-state index in [9.17, 15) is 0 Å². The lowest BCUT2D eigenvalue weighted by atomic mass is 10.0. The zero-order valence-electron chi connectivity index (χ0n) is 6.99. The Kier molecular flexibility index (Phi) is 2.39. The maximum Gasteiger partial charge on any atom is 0.0683 e. The summed E-state index contributed by atoms with van der Waals surface area (Å²) in [5.41, 5.74) is 4.35. The van der Waals surface area contributed by atoms with Crippen molar-refractivity contribution in [2.75, 3.05) is 6.61 Å². The van der Waals surface area contributed by atoms with Gasteiger partial charge in [-0.15, -0.1) is 0 Å². The smallest absolute Gasteiger partial charge is 0.0683 e. The Bertz CT molecular complexity index is 229. The Morgan fingerprint density at radius 2 is 2.08 bits per heavy atom. The predicted octanol–water partition coefficient (Wildman–Crippen LogP) is 2.04. The van der Waals surface area contributed by atoms with Crippen LogP contribution in [0.25, 0.3) is 0 Å². The minimum Gasteiger partial charge on any atom is -0.301 e.